The summed E-state index contributed by atoms with van der Waals surface area (Å²) in [5.41, 5.74) is 19.5. The minimum absolute atomic E-state index is 0.0434. The van der Waals surface area contributed by atoms with E-state index >= 15 is 0 Å². The number of amides is 1. The third-order valence-corrected chi connectivity index (χ3v) is 5.61. The second-order valence-corrected chi connectivity index (χ2v) is 7.39. The lowest BCUT2D eigenvalue weighted by Gasteiger charge is -2.29. The first-order chi connectivity index (χ1) is 14.0. The summed E-state index contributed by atoms with van der Waals surface area (Å²) < 4.78 is 0. The van der Waals surface area contributed by atoms with E-state index in [2.05, 4.69) is 16.4 Å². The molecule has 0 bridgehead atoms. The molecule has 29 heavy (non-hydrogen) atoms. The molecule has 0 fully saturated rings. The third-order valence-electron chi connectivity index (χ3n) is 5.61. The molecule has 0 radical (unpaired) electrons. The van der Waals surface area contributed by atoms with Crippen molar-refractivity contribution in [2.24, 2.45) is 21.5 Å². The van der Waals surface area contributed by atoms with Crippen LogP contribution in [-0.4, -0.2) is 50.0 Å². The van der Waals surface area contributed by atoms with Gasteiger partial charge >= 0.3 is 0 Å². The van der Waals surface area contributed by atoms with Crippen LogP contribution in [0.15, 0.2) is 39.6 Å². The van der Waals surface area contributed by atoms with Crippen molar-refractivity contribution in [3.63, 3.8) is 0 Å². The zero-order valence-corrected chi connectivity index (χ0v) is 17.5. The molecule has 2 aliphatic rings. The third kappa shape index (κ3) is 4.34. The zero-order chi connectivity index (χ0) is 21.0. The second-order valence-electron chi connectivity index (χ2n) is 7.39. The molecule has 0 atom stereocenters. The number of amidine groups is 1. The molecule has 1 amide bonds. The maximum atomic E-state index is 11.8. The van der Waals surface area contributed by atoms with E-state index in [9.17, 15) is 4.79 Å². The molecule has 7 heteroatoms. The number of nitrogens with one attached hydrogen (secondary N) is 1. The van der Waals surface area contributed by atoms with Crippen LogP contribution in [0.5, 0.6) is 0 Å². The number of hydrogen-bond donors (Lipinski definition) is 3. The number of hydrogen-bond acceptors (Lipinski definition) is 5. The topological polar surface area (TPSA) is 109 Å². The van der Waals surface area contributed by atoms with Crippen LogP contribution in [0.3, 0.4) is 0 Å². The molecular formula is C22H30N6O. The van der Waals surface area contributed by atoms with Crippen molar-refractivity contribution in [1.82, 2.24) is 10.2 Å². The van der Waals surface area contributed by atoms with Crippen LogP contribution in [-0.2, 0) is 17.6 Å². The van der Waals surface area contributed by atoms with Crippen LogP contribution >= 0.6 is 0 Å². The van der Waals surface area contributed by atoms with E-state index in [1.54, 1.807) is 31.3 Å². The number of nitrogens with two attached hydrogens (primary N) is 2. The summed E-state index contributed by atoms with van der Waals surface area (Å²) in [6, 6.07) is 4.14. The number of benzene rings is 1. The van der Waals surface area contributed by atoms with Gasteiger partial charge in [-0.3, -0.25) is 9.79 Å². The molecule has 0 unspecified atom stereocenters. The first-order valence-corrected chi connectivity index (χ1v) is 9.98. The van der Waals surface area contributed by atoms with Crippen LogP contribution in [0.2, 0.25) is 0 Å². The summed E-state index contributed by atoms with van der Waals surface area (Å²) in [5, 5.41) is 3.22. The van der Waals surface area contributed by atoms with E-state index in [1.165, 1.54) is 11.1 Å². The van der Waals surface area contributed by atoms with Gasteiger partial charge in [-0.1, -0.05) is 0 Å². The fraction of sp³-hybridized carbons (Fsp3) is 0.409. The Morgan fingerprint density at radius 2 is 2.07 bits per heavy atom. The van der Waals surface area contributed by atoms with Gasteiger partial charge in [-0.15, -0.1) is 0 Å². The summed E-state index contributed by atoms with van der Waals surface area (Å²) in [6.07, 6.45) is 7.28. The van der Waals surface area contributed by atoms with Gasteiger partial charge < -0.3 is 21.7 Å². The Morgan fingerprint density at radius 3 is 2.72 bits per heavy atom. The Bertz CT molecular complexity index is 925. The van der Waals surface area contributed by atoms with Gasteiger partial charge in [-0.25, -0.2) is 4.99 Å². The van der Waals surface area contributed by atoms with E-state index in [4.69, 9.17) is 16.5 Å². The highest BCUT2D eigenvalue weighted by atomic mass is 16.2. The van der Waals surface area contributed by atoms with Gasteiger partial charge in [0, 0.05) is 63.2 Å². The maximum absolute atomic E-state index is 11.8. The largest absolute Gasteiger partial charge is 0.404 e. The van der Waals surface area contributed by atoms with Gasteiger partial charge in [0.25, 0.3) is 0 Å². The van der Waals surface area contributed by atoms with Crippen molar-refractivity contribution in [2.45, 2.75) is 32.6 Å². The van der Waals surface area contributed by atoms with Crippen molar-refractivity contribution in [1.29, 1.82) is 0 Å². The predicted octanol–water partition coefficient (Wildman–Crippen LogP) is 1.89. The highest BCUT2D eigenvalue weighted by molar-refractivity contribution is 6.10. The summed E-state index contributed by atoms with van der Waals surface area (Å²) in [7, 11) is 3.61. The fourth-order valence-corrected chi connectivity index (χ4v) is 4.10. The number of rotatable bonds is 5. The fourth-order valence-electron chi connectivity index (χ4n) is 4.10. The normalized spacial score (nSPS) is 17.8. The van der Waals surface area contributed by atoms with Crippen LogP contribution in [0.25, 0.3) is 5.57 Å². The lowest BCUT2D eigenvalue weighted by Crippen LogP contribution is -2.40. The van der Waals surface area contributed by atoms with Crippen molar-refractivity contribution in [2.75, 3.05) is 27.2 Å². The summed E-state index contributed by atoms with van der Waals surface area (Å²) >= 11 is 0. The molecule has 0 spiro atoms. The van der Waals surface area contributed by atoms with Gasteiger partial charge in [-0.2, -0.15) is 0 Å². The van der Waals surface area contributed by atoms with E-state index < -0.39 is 0 Å². The molecule has 1 aromatic rings. The van der Waals surface area contributed by atoms with Crippen molar-refractivity contribution >= 4 is 29.2 Å². The smallest absolute Gasteiger partial charge is 0.219 e. The van der Waals surface area contributed by atoms with Crippen LogP contribution in [0.4, 0.5) is 5.69 Å². The molecule has 3 rings (SSSR count). The molecule has 0 aromatic heterocycles. The van der Waals surface area contributed by atoms with Gasteiger partial charge in [0.1, 0.15) is 5.84 Å². The minimum Gasteiger partial charge on any atom is -0.404 e. The average molecular weight is 395 g/mol. The van der Waals surface area contributed by atoms with E-state index in [1.807, 2.05) is 13.1 Å². The minimum atomic E-state index is 0.0434. The molecule has 1 aromatic carbocycles. The SMILES string of the molecule is CN=CC(=CN)c1cc(N=C(N)C2=C(NC)CCN(C(C)=O)C2)cc2c1CCC2. The Kier molecular flexibility index (Phi) is 6.36. The summed E-state index contributed by atoms with van der Waals surface area (Å²) in [5.74, 6) is 0.480. The number of allylic oxidation sites excluding steroid dienone is 1. The molecule has 5 N–H and O–H groups in total. The van der Waals surface area contributed by atoms with Crippen LogP contribution in [0.1, 0.15) is 36.5 Å². The molecule has 154 valence electrons. The number of nitrogens with zero attached hydrogens (tertiary/aromatic N) is 3. The lowest BCUT2D eigenvalue weighted by atomic mass is 9.96. The molecule has 0 saturated heterocycles. The highest BCUT2D eigenvalue weighted by Crippen LogP contribution is 2.33. The standard InChI is InChI=1S/C22H30N6O/c1-14(29)28-8-7-21(26-3)20(13-28)22(24)27-17-9-15-5-4-6-18(15)19(10-17)16(11-23)12-25-2/h9-12,26H,4-8,13,23H2,1-3H3,(H2,24,27). The van der Waals surface area contributed by atoms with E-state index in [-0.39, 0.29) is 5.91 Å². The van der Waals surface area contributed by atoms with E-state index in [0.29, 0.717) is 18.9 Å². The summed E-state index contributed by atoms with van der Waals surface area (Å²) in [6.45, 7) is 2.74. The molecule has 0 saturated carbocycles. The zero-order valence-electron chi connectivity index (χ0n) is 17.5. The van der Waals surface area contributed by atoms with Gasteiger partial charge in [0.05, 0.1) is 12.2 Å². The Morgan fingerprint density at radius 1 is 1.28 bits per heavy atom. The monoisotopic (exact) mass is 394 g/mol. The Hall–Kier alpha value is -3.09. The maximum Gasteiger partial charge on any atom is 0.219 e. The molecule has 1 heterocycles. The quantitative estimate of drug-likeness (QED) is 0.523. The Balaban J connectivity index is 2.03. The molecule has 1 aliphatic heterocycles. The first kappa shape index (κ1) is 20.6. The van der Waals surface area contributed by atoms with E-state index in [0.717, 1.165) is 53.8 Å². The van der Waals surface area contributed by atoms with Crippen LogP contribution < -0.4 is 16.8 Å². The van der Waals surface area contributed by atoms with Crippen molar-refractivity contribution in [3.05, 3.63) is 46.3 Å². The first-order valence-electron chi connectivity index (χ1n) is 9.98. The summed E-state index contributed by atoms with van der Waals surface area (Å²) in [4.78, 5) is 22.5. The van der Waals surface area contributed by atoms with Gasteiger partial charge in [0.15, 0.2) is 0 Å². The predicted molar refractivity (Wildman–Crippen MR) is 119 cm³/mol. The van der Waals surface area contributed by atoms with Crippen LogP contribution in [0, 0.1) is 0 Å². The number of fused-ring (bicyclic) bond motifs is 1. The number of aliphatic imine (C=N–C) groups is 2. The lowest BCUT2D eigenvalue weighted by molar-refractivity contribution is -0.128. The number of aryl methyl sites for hydroxylation is 1. The number of carbonyl (C=O) groups is 1. The van der Waals surface area contributed by atoms with Crippen molar-refractivity contribution in [3.8, 4) is 0 Å². The molecule has 1 aliphatic carbocycles. The molecular weight excluding hydrogens is 364 g/mol. The number of carbonyl (C=O) groups excluding carboxylic acids is 1. The molecule has 7 nitrogen and oxygen atoms in total. The van der Waals surface area contributed by atoms with Gasteiger partial charge in [0.2, 0.25) is 5.91 Å². The Labute approximate surface area is 172 Å². The average Bonchev–Trinajstić information content (AvgIpc) is 3.19. The second kappa shape index (κ2) is 8.94. The highest BCUT2D eigenvalue weighted by Gasteiger charge is 2.23. The van der Waals surface area contributed by atoms with Gasteiger partial charge in [-0.05, 0) is 48.1 Å². The van der Waals surface area contributed by atoms with Crippen molar-refractivity contribution < 1.29 is 4.79 Å².